The summed E-state index contributed by atoms with van der Waals surface area (Å²) in [5, 5.41) is 44.2. The Kier molecular flexibility index (Phi) is 4.99. The van der Waals surface area contributed by atoms with E-state index in [1.165, 1.54) is 18.3 Å². The summed E-state index contributed by atoms with van der Waals surface area (Å²) >= 11 is 0.917. The summed E-state index contributed by atoms with van der Waals surface area (Å²) < 4.78 is 4.88. The molecule has 0 bridgehead atoms. The minimum atomic E-state index is -0.751. The van der Waals surface area contributed by atoms with Gasteiger partial charge < -0.3 is 4.42 Å². The second kappa shape index (κ2) is 7.54. The van der Waals surface area contributed by atoms with Gasteiger partial charge in [0.1, 0.15) is 4.92 Å². The van der Waals surface area contributed by atoms with Crippen molar-refractivity contribution in [1.82, 2.24) is 10.2 Å². The highest BCUT2D eigenvalue weighted by Gasteiger charge is 2.23. The van der Waals surface area contributed by atoms with Crippen molar-refractivity contribution >= 4 is 39.9 Å². The summed E-state index contributed by atoms with van der Waals surface area (Å²) in [5.41, 5.74) is 1.66. The van der Waals surface area contributed by atoms with Crippen molar-refractivity contribution < 1.29 is 19.2 Å². The monoisotopic (exact) mass is 405 g/mol. The van der Waals surface area contributed by atoms with Crippen molar-refractivity contribution in [2.45, 2.75) is 0 Å². The average Bonchev–Trinajstić information content (AvgIpc) is 3.31. The van der Waals surface area contributed by atoms with Gasteiger partial charge in [0.05, 0.1) is 33.8 Å². The molecule has 0 saturated heterocycles. The zero-order valence-electron chi connectivity index (χ0n) is 13.4. The smallest absolute Gasteiger partial charge is 0.400 e. The Balaban J connectivity index is 1.78. The van der Waals surface area contributed by atoms with Gasteiger partial charge >= 0.3 is 5.88 Å². The Morgan fingerprint density at radius 3 is 2.46 bits per heavy atom. The minimum absolute atomic E-state index is 0.0618. The van der Waals surface area contributed by atoms with Crippen LogP contribution in [-0.4, -0.2) is 31.2 Å². The van der Waals surface area contributed by atoms with E-state index in [1.807, 2.05) is 0 Å². The van der Waals surface area contributed by atoms with Gasteiger partial charge in [-0.25, -0.2) is 0 Å². The van der Waals surface area contributed by atoms with Crippen LogP contribution in [0.4, 0.5) is 22.4 Å². The molecule has 28 heavy (non-hydrogen) atoms. The Morgan fingerprint density at radius 2 is 1.82 bits per heavy atom. The van der Waals surface area contributed by atoms with Crippen molar-refractivity contribution in [1.29, 1.82) is 0 Å². The number of non-ortho nitro benzene ring substituents is 1. The zero-order chi connectivity index (χ0) is 20.3. The molecule has 142 valence electrons. The number of nitro benzene ring substituents is 2. The fourth-order valence-corrected chi connectivity index (χ4v) is 2.73. The van der Waals surface area contributed by atoms with Crippen LogP contribution in [0.3, 0.4) is 0 Å². The first kappa shape index (κ1) is 18.5. The summed E-state index contributed by atoms with van der Waals surface area (Å²) in [7, 11) is 0. The van der Waals surface area contributed by atoms with E-state index in [0.717, 1.165) is 29.5 Å². The number of rotatable bonds is 7. The zero-order valence-corrected chi connectivity index (χ0v) is 14.2. The third-order valence-electron chi connectivity index (χ3n) is 3.19. The second-order valence-electron chi connectivity index (χ2n) is 4.93. The molecule has 3 aromatic rings. The van der Waals surface area contributed by atoms with E-state index in [1.54, 1.807) is 0 Å². The first-order chi connectivity index (χ1) is 13.3. The molecular weight excluding hydrogens is 398 g/mol. The van der Waals surface area contributed by atoms with Gasteiger partial charge in [-0.05, 0) is 12.1 Å². The molecule has 0 radical (unpaired) electrons. The first-order valence-electron chi connectivity index (χ1n) is 7.15. The summed E-state index contributed by atoms with van der Waals surface area (Å²) in [4.78, 5) is 30.3. The lowest BCUT2D eigenvalue weighted by Gasteiger charge is -1.98. The third-order valence-corrected chi connectivity index (χ3v) is 4.05. The van der Waals surface area contributed by atoms with Gasteiger partial charge in [0, 0.05) is 6.07 Å². The maximum atomic E-state index is 11.2. The average molecular weight is 405 g/mol. The molecule has 0 aliphatic rings. The van der Waals surface area contributed by atoms with Gasteiger partial charge in [0.25, 0.3) is 11.4 Å². The van der Waals surface area contributed by atoms with Gasteiger partial charge in [0.2, 0.25) is 5.13 Å². The normalized spacial score (nSPS) is 10.9. The molecule has 14 nitrogen and oxygen atoms in total. The van der Waals surface area contributed by atoms with Crippen LogP contribution in [0.25, 0.3) is 10.6 Å². The molecule has 1 N–H and O–H groups in total. The largest absolute Gasteiger partial charge is 0.433 e. The minimum Gasteiger partial charge on any atom is -0.400 e. The number of aromatic nitrogens is 2. The summed E-state index contributed by atoms with van der Waals surface area (Å²) in [6.07, 6.45) is 1.17. The van der Waals surface area contributed by atoms with Gasteiger partial charge in [0.15, 0.2) is 10.8 Å². The van der Waals surface area contributed by atoms with E-state index in [2.05, 4.69) is 20.7 Å². The third kappa shape index (κ3) is 3.93. The van der Waals surface area contributed by atoms with Crippen LogP contribution in [-0.2, 0) is 0 Å². The van der Waals surface area contributed by atoms with Gasteiger partial charge in [-0.2, -0.15) is 5.10 Å². The molecule has 0 unspecified atom stereocenters. The summed E-state index contributed by atoms with van der Waals surface area (Å²) in [6.45, 7) is 0. The summed E-state index contributed by atoms with van der Waals surface area (Å²) in [6, 6.07) is 5.68. The molecule has 2 aromatic heterocycles. The van der Waals surface area contributed by atoms with E-state index in [9.17, 15) is 30.3 Å². The molecule has 2 heterocycles. The van der Waals surface area contributed by atoms with Crippen LogP contribution in [0, 0.1) is 30.3 Å². The van der Waals surface area contributed by atoms with Crippen LogP contribution in [0.5, 0.6) is 0 Å². The SMILES string of the molecule is O=[N+]([O-])c1ccc(-c2nnc(NN=Cc3ccc([N+](=O)[O-])o3)s2)c([N+](=O)[O-])c1. The van der Waals surface area contributed by atoms with Crippen LogP contribution in [0.1, 0.15) is 5.76 Å². The van der Waals surface area contributed by atoms with Gasteiger partial charge in [-0.1, -0.05) is 11.3 Å². The van der Waals surface area contributed by atoms with Crippen molar-refractivity contribution in [3.63, 3.8) is 0 Å². The number of benzene rings is 1. The predicted molar refractivity (Wildman–Crippen MR) is 95.2 cm³/mol. The van der Waals surface area contributed by atoms with Gasteiger partial charge in [-0.15, -0.1) is 10.2 Å². The molecule has 0 atom stereocenters. The van der Waals surface area contributed by atoms with Crippen LogP contribution in [0.2, 0.25) is 0 Å². The number of hydrogen-bond donors (Lipinski definition) is 1. The number of furan rings is 1. The second-order valence-corrected chi connectivity index (χ2v) is 5.91. The Hall–Kier alpha value is -4.27. The van der Waals surface area contributed by atoms with Crippen LogP contribution < -0.4 is 5.43 Å². The topological polar surface area (TPSA) is 193 Å². The van der Waals surface area contributed by atoms with Crippen molar-refractivity contribution in [3.05, 3.63) is 66.4 Å². The Labute approximate surface area is 157 Å². The molecule has 0 aliphatic carbocycles. The first-order valence-corrected chi connectivity index (χ1v) is 7.97. The quantitative estimate of drug-likeness (QED) is 0.347. The molecule has 0 spiro atoms. The number of nitrogens with zero attached hydrogens (tertiary/aromatic N) is 6. The molecule has 1 aromatic carbocycles. The van der Waals surface area contributed by atoms with Crippen LogP contribution in [0.15, 0.2) is 39.9 Å². The van der Waals surface area contributed by atoms with E-state index in [0.29, 0.717) is 0 Å². The maximum Gasteiger partial charge on any atom is 0.433 e. The molecule has 0 fully saturated rings. The van der Waals surface area contributed by atoms with E-state index < -0.39 is 32.0 Å². The molecular formula is C13H7N7O7S. The lowest BCUT2D eigenvalue weighted by molar-refractivity contribution is -0.402. The highest BCUT2D eigenvalue weighted by atomic mass is 32.1. The van der Waals surface area contributed by atoms with E-state index >= 15 is 0 Å². The van der Waals surface area contributed by atoms with Crippen molar-refractivity contribution in [3.8, 4) is 10.6 Å². The maximum absolute atomic E-state index is 11.2. The molecule has 0 saturated carbocycles. The highest BCUT2D eigenvalue weighted by Crippen LogP contribution is 2.35. The van der Waals surface area contributed by atoms with Crippen molar-refractivity contribution in [2.75, 3.05) is 5.43 Å². The van der Waals surface area contributed by atoms with Crippen LogP contribution >= 0.6 is 11.3 Å². The van der Waals surface area contributed by atoms with E-state index in [4.69, 9.17) is 4.42 Å². The predicted octanol–water partition coefficient (Wildman–Crippen LogP) is 2.97. The standard InChI is InChI=1S/C13H7N7O7S/c21-18(22)7-1-3-9(10(5-7)19(23)24)12-15-17-13(28-12)16-14-6-8-2-4-11(27-8)20(25)26/h1-6H,(H,16,17). The van der Waals surface area contributed by atoms with E-state index in [-0.39, 0.29) is 21.5 Å². The number of anilines is 1. The number of nitro groups is 3. The number of nitrogens with one attached hydrogen (secondary N) is 1. The fraction of sp³-hybridized carbons (Fsp3) is 0. The Bertz CT molecular complexity index is 1110. The molecule has 0 amide bonds. The van der Waals surface area contributed by atoms with Crippen molar-refractivity contribution in [2.24, 2.45) is 5.10 Å². The molecule has 0 aliphatic heterocycles. The highest BCUT2D eigenvalue weighted by molar-refractivity contribution is 7.18. The molecule has 15 heteroatoms. The Morgan fingerprint density at radius 1 is 1.04 bits per heavy atom. The number of hydrazone groups is 1. The lowest BCUT2D eigenvalue weighted by atomic mass is 10.1. The molecule has 3 rings (SSSR count). The number of hydrogen-bond acceptors (Lipinski definition) is 12. The summed E-state index contributed by atoms with van der Waals surface area (Å²) in [5.74, 6) is -0.319. The van der Waals surface area contributed by atoms with Gasteiger partial charge in [-0.3, -0.25) is 35.8 Å². The lowest BCUT2D eigenvalue weighted by Crippen LogP contribution is -1.95. The fourth-order valence-electron chi connectivity index (χ4n) is 2.00.